The molecule has 1 nitrogen and oxygen atoms in total. The summed E-state index contributed by atoms with van der Waals surface area (Å²) < 4.78 is 0. The Morgan fingerprint density at radius 2 is 1.48 bits per heavy atom. The molecule has 1 aliphatic carbocycles. The lowest BCUT2D eigenvalue weighted by atomic mass is 9.81. The third-order valence-corrected chi connectivity index (χ3v) is 5.55. The van der Waals surface area contributed by atoms with Crippen molar-refractivity contribution in [3.63, 3.8) is 0 Å². The Balaban J connectivity index is 2.09. The molecule has 0 fully saturated rings. The summed E-state index contributed by atoms with van der Waals surface area (Å²) in [6, 6.07) is 21.4. The van der Waals surface area contributed by atoms with E-state index < -0.39 is 0 Å². The van der Waals surface area contributed by atoms with Gasteiger partial charge < -0.3 is 0 Å². The first-order chi connectivity index (χ1) is 12.3. The second kappa shape index (κ2) is 4.46. The van der Waals surface area contributed by atoms with E-state index in [1.54, 1.807) is 0 Å². The number of rotatable bonds is 0. The van der Waals surface area contributed by atoms with Crippen LogP contribution in [0, 0.1) is 0 Å². The lowest BCUT2D eigenvalue weighted by molar-refractivity contribution is 0.0996. The first-order valence-electron chi connectivity index (χ1n) is 8.65. The Labute approximate surface area is 144 Å². The van der Waals surface area contributed by atoms with Crippen molar-refractivity contribution in [2.24, 2.45) is 0 Å². The summed E-state index contributed by atoms with van der Waals surface area (Å²) in [7, 11) is 0. The van der Waals surface area contributed by atoms with Crippen LogP contribution in [0.5, 0.6) is 0 Å². The molecule has 0 atom stereocenters. The molecule has 0 aliphatic heterocycles. The Morgan fingerprint density at radius 1 is 0.680 bits per heavy atom. The fourth-order valence-corrected chi connectivity index (χ4v) is 4.54. The summed E-state index contributed by atoms with van der Waals surface area (Å²) in [5.41, 5.74) is 1.98. The number of Topliss-reactive ketones (excluding diaryl/α,β-unsaturated/α-hetero) is 1. The molecule has 0 saturated heterocycles. The second-order valence-corrected chi connectivity index (χ2v) is 6.86. The summed E-state index contributed by atoms with van der Waals surface area (Å²) in [5.74, 6) is 0.224. The zero-order valence-corrected chi connectivity index (χ0v) is 13.5. The van der Waals surface area contributed by atoms with Crippen molar-refractivity contribution in [2.75, 3.05) is 0 Å². The van der Waals surface area contributed by atoms with Crippen molar-refractivity contribution in [1.29, 1.82) is 0 Å². The van der Waals surface area contributed by atoms with Gasteiger partial charge in [-0.25, -0.2) is 0 Å². The van der Waals surface area contributed by atoms with Crippen LogP contribution in [0.1, 0.15) is 22.3 Å². The fraction of sp³-hybridized carbons (Fsp3) is 0.0417. The van der Waals surface area contributed by atoms with Crippen molar-refractivity contribution < 1.29 is 4.79 Å². The van der Waals surface area contributed by atoms with E-state index in [1.807, 2.05) is 6.08 Å². The van der Waals surface area contributed by atoms with Crippen molar-refractivity contribution in [3.05, 3.63) is 77.9 Å². The molecule has 1 aliphatic rings. The summed E-state index contributed by atoms with van der Waals surface area (Å²) >= 11 is 0. The normalized spacial score (nSPS) is 14.2. The van der Waals surface area contributed by atoms with Gasteiger partial charge in [0.15, 0.2) is 5.78 Å². The minimum Gasteiger partial charge on any atom is -0.294 e. The predicted octanol–water partition coefficient (Wildman–Crippen LogP) is 6.34. The monoisotopic (exact) mass is 318 g/mol. The molecule has 0 radical (unpaired) electrons. The molecule has 0 bridgehead atoms. The predicted molar refractivity (Wildman–Crippen MR) is 106 cm³/mol. The largest absolute Gasteiger partial charge is 0.294 e. The fourth-order valence-electron chi connectivity index (χ4n) is 4.54. The van der Waals surface area contributed by atoms with Crippen molar-refractivity contribution >= 4 is 54.9 Å². The second-order valence-electron chi connectivity index (χ2n) is 6.86. The maximum absolute atomic E-state index is 12.9. The lowest BCUT2D eigenvalue weighted by Crippen LogP contribution is -2.07. The van der Waals surface area contributed by atoms with E-state index in [-0.39, 0.29) is 5.78 Å². The van der Waals surface area contributed by atoms with Gasteiger partial charge in [0.05, 0.1) is 0 Å². The number of benzene rings is 5. The molecule has 1 heteroatoms. The Morgan fingerprint density at radius 3 is 2.44 bits per heavy atom. The molecule has 0 N–H and O–H groups in total. The zero-order valence-electron chi connectivity index (χ0n) is 13.5. The lowest BCUT2D eigenvalue weighted by Gasteiger charge is -2.21. The van der Waals surface area contributed by atoms with Crippen molar-refractivity contribution in [1.82, 2.24) is 0 Å². The summed E-state index contributed by atoms with van der Waals surface area (Å²) in [6.45, 7) is 0. The number of fused-ring (bicyclic) bond motifs is 5. The summed E-state index contributed by atoms with van der Waals surface area (Å²) in [6.07, 6.45) is 4.62. The molecule has 0 aromatic heterocycles. The van der Waals surface area contributed by atoms with Crippen LogP contribution in [0.15, 0.2) is 66.7 Å². The van der Waals surface area contributed by atoms with Crippen LogP contribution in [0.2, 0.25) is 0 Å². The van der Waals surface area contributed by atoms with Gasteiger partial charge in [-0.15, -0.1) is 0 Å². The first kappa shape index (κ1) is 13.1. The Hall–Kier alpha value is -3.19. The van der Waals surface area contributed by atoms with E-state index in [4.69, 9.17) is 0 Å². The van der Waals surface area contributed by atoms with Crippen LogP contribution in [-0.4, -0.2) is 5.78 Å². The molecular formula is C24H14O. The van der Waals surface area contributed by atoms with Crippen LogP contribution in [0.25, 0.3) is 49.2 Å². The third kappa shape index (κ3) is 1.56. The highest BCUT2D eigenvalue weighted by molar-refractivity contribution is 6.35. The maximum Gasteiger partial charge on any atom is 0.167 e. The van der Waals surface area contributed by atoms with E-state index in [2.05, 4.69) is 66.7 Å². The van der Waals surface area contributed by atoms with Gasteiger partial charge in [0.2, 0.25) is 0 Å². The highest BCUT2D eigenvalue weighted by Gasteiger charge is 2.23. The van der Waals surface area contributed by atoms with E-state index in [0.717, 1.165) is 16.5 Å². The minimum atomic E-state index is 0.224. The van der Waals surface area contributed by atoms with Crippen LogP contribution in [0.4, 0.5) is 0 Å². The van der Waals surface area contributed by atoms with Crippen LogP contribution < -0.4 is 0 Å². The highest BCUT2D eigenvalue weighted by Crippen LogP contribution is 2.44. The van der Waals surface area contributed by atoms with Gasteiger partial charge in [-0.2, -0.15) is 0 Å². The molecule has 116 valence electrons. The third-order valence-electron chi connectivity index (χ3n) is 5.55. The molecular weight excluding hydrogens is 304 g/mol. The number of carbonyl (C=O) groups is 1. The van der Waals surface area contributed by atoms with Gasteiger partial charge >= 0.3 is 0 Å². The number of hydrogen-bond acceptors (Lipinski definition) is 1. The number of hydrogen-bond donors (Lipinski definition) is 0. The van der Waals surface area contributed by atoms with E-state index in [0.29, 0.717) is 6.42 Å². The van der Waals surface area contributed by atoms with E-state index >= 15 is 0 Å². The average Bonchev–Trinajstić information content (AvgIpc) is 2.66. The maximum atomic E-state index is 12.9. The highest BCUT2D eigenvalue weighted by atomic mass is 16.1. The molecule has 25 heavy (non-hydrogen) atoms. The van der Waals surface area contributed by atoms with Gasteiger partial charge in [0, 0.05) is 17.4 Å². The van der Waals surface area contributed by atoms with Gasteiger partial charge in [0.1, 0.15) is 0 Å². The topological polar surface area (TPSA) is 17.1 Å². The van der Waals surface area contributed by atoms with Crippen LogP contribution in [-0.2, 0) is 0 Å². The minimum absolute atomic E-state index is 0.224. The van der Waals surface area contributed by atoms with Gasteiger partial charge in [-0.3, -0.25) is 4.79 Å². The van der Waals surface area contributed by atoms with E-state index in [9.17, 15) is 4.79 Å². The number of carbonyl (C=O) groups excluding carboxylic acids is 1. The Bertz CT molecular complexity index is 1370. The summed E-state index contributed by atoms with van der Waals surface area (Å²) in [5, 5.41) is 9.63. The number of allylic oxidation sites excluding steroid dienone is 1. The van der Waals surface area contributed by atoms with Crippen LogP contribution >= 0.6 is 0 Å². The van der Waals surface area contributed by atoms with Gasteiger partial charge in [-0.1, -0.05) is 66.7 Å². The van der Waals surface area contributed by atoms with Crippen molar-refractivity contribution in [3.8, 4) is 0 Å². The zero-order chi connectivity index (χ0) is 16.5. The molecule has 0 amide bonds. The van der Waals surface area contributed by atoms with Gasteiger partial charge in [-0.05, 0) is 49.3 Å². The average molecular weight is 318 g/mol. The van der Waals surface area contributed by atoms with Crippen molar-refractivity contribution in [2.45, 2.75) is 6.42 Å². The quantitative estimate of drug-likeness (QED) is 0.240. The molecule has 0 heterocycles. The first-order valence-corrected chi connectivity index (χ1v) is 8.65. The Kier molecular flexibility index (Phi) is 2.34. The van der Waals surface area contributed by atoms with E-state index in [1.165, 1.54) is 37.7 Å². The smallest absolute Gasteiger partial charge is 0.167 e. The summed E-state index contributed by atoms with van der Waals surface area (Å²) in [4.78, 5) is 12.9. The van der Waals surface area contributed by atoms with Crippen LogP contribution in [0.3, 0.4) is 0 Å². The van der Waals surface area contributed by atoms with Gasteiger partial charge in [0.25, 0.3) is 0 Å². The molecule has 0 saturated carbocycles. The molecule has 5 aromatic rings. The standard InChI is InChI=1S/C24H14O/c25-20-10-4-9-19-18-8-3-6-14-11-12-16-13-15-5-1-2-7-17(15)24(23(19)20)22(16)21(14)18/h1-9,11-13H,10H2. The number of ketones is 1. The molecule has 5 aromatic carbocycles. The molecule has 0 spiro atoms. The SMILES string of the molecule is O=C1CC=Cc2c1c1c3ccccc3cc3ccc4cccc2c4c31. The molecule has 0 unspecified atom stereocenters. The molecule has 6 rings (SSSR count).